The van der Waals surface area contributed by atoms with Crippen LogP contribution in [0, 0.1) is 18.6 Å². The third-order valence-electron chi connectivity index (χ3n) is 4.98. The largest absolute Gasteiger partial charge is 0.356 e. The van der Waals surface area contributed by atoms with Gasteiger partial charge in [-0.3, -0.25) is 4.99 Å². The normalized spacial score (nSPS) is 15.6. The molecule has 2 heterocycles. The summed E-state index contributed by atoms with van der Waals surface area (Å²) in [5.41, 5.74) is 1.39. The number of hydrogen-bond acceptors (Lipinski definition) is 3. The number of nitrogens with zero attached hydrogens (tertiary/aromatic N) is 3. The van der Waals surface area contributed by atoms with Gasteiger partial charge in [-0.05, 0) is 49.9 Å². The fraction of sp³-hybridized carbons (Fsp3) is 0.429. The van der Waals surface area contributed by atoms with Crippen LogP contribution in [0.4, 0.5) is 14.6 Å². The summed E-state index contributed by atoms with van der Waals surface area (Å²) < 4.78 is 27.0. The molecule has 28 heavy (non-hydrogen) atoms. The number of pyridine rings is 1. The van der Waals surface area contributed by atoms with Gasteiger partial charge in [0, 0.05) is 38.4 Å². The van der Waals surface area contributed by atoms with Crippen LogP contribution in [-0.4, -0.2) is 43.7 Å². The molecule has 0 aliphatic carbocycles. The summed E-state index contributed by atoms with van der Waals surface area (Å²) in [5.74, 6) is 0.126. The minimum atomic E-state index is -0.810. The second-order valence-corrected chi connectivity index (χ2v) is 7.00. The van der Waals surface area contributed by atoms with Crippen molar-refractivity contribution in [2.75, 3.05) is 31.6 Å². The van der Waals surface area contributed by atoms with E-state index < -0.39 is 11.6 Å². The molecule has 0 radical (unpaired) electrons. The van der Waals surface area contributed by atoms with E-state index in [4.69, 9.17) is 0 Å². The number of aromatic nitrogens is 1. The molecular weight excluding hydrogens is 360 g/mol. The lowest BCUT2D eigenvalue weighted by atomic mass is 10.1. The second-order valence-electron chi connectivity index (χ2n) is 7.00. The van der Waals surface area contributed by atoms with Crippen molar-refractivity contribution in [2.24, 2.45) is 4.99 Å². The van der Waals surface area contributed by atoms with Crippen LogP contribution in [0.5, 0.6) is 0 Å². The molecule has 0 atom stereocenters. The van der Waals surface area contributed by atoms with Crippen molar-refractivity contribution in [3.8, 4) is 0 Å². The van der Waals surface area contributed by atoms with Crippen LogP contribution in [0.25, 0.3) is 0 Å². The van der Waals surface area contributed by atoms with Crippen molar-refractivity contribution >= 4 is 11.8 Å². The Morgan fingerprint density at radius 2 is 1.93 bits per heavy atom. The highest BCUT2D eigenvalue weighted by atomic mass is 19.2. The van der Waals surface area contributed by atoms with Crippen LogP contribution in [-0.2, 0) is 6.42 Å². The van der Waals surface area contributed by atoms with Gasteiger partial charge in [0.1, 0.15) is 5.82 Å². The molecule has 1 aliphatic heterocycles. The van der Waals surface area contributed by atoms with E-state index in [2.05, 4.69) is 25.5 Å². The first kappa shape index (κ1) is 20.0. The van der Waals surface area contributed by atoms with Crippen LogP contribution in [0.3, 0.4) is 0 Å². The molecule has 1 aromatic heterocycles. The Morgan fingerprint density at radius 1 is 1.18 bits per heavy atom. The lowest BCUT2D eigenvalue weighted by molar-refractivity contribution is 0.459. The fourth-order valence-corrected chi connectivity index (χ4v) is 3.40. The van der Waals surface area contributed by atoms with Gasteiger partial charge in [-0.1, -0.05) is 18.2 Å². The topological polar surface area (TPSA) is 52.6 Å². The average Bonchev–Trinajstić information content (AvgIpc) is 2.71. The molecule has 1 saturated heterocycles. The van der Waals surface area contributed by atoms with Crippen molar-refractivity contribution in [1.29, 1.82) is 0 Å². The maximum absolute atomic E-state index is 13.7. The first-order chi connectivity index (χ1) is 13.6. The lowest BCUT2D eigenvalue weighted by Crippen LogP contribution is -2.49. The Morgan fingerprint density at radius 3 is 2.64 bits per heavy atom. The van der Waals surface area contributed by atoms with Crippen LogP contribution < -0.4 is 15.5 Å². The molecular formula is C21H27F2N5. The monoisotopic (exact) mass is 387 g/mol. The molecule has 1 fully saturated rings. The fourth-order valence-electron chi connectivity index (χ4n) is 3.40. The Kier molecular flexibility index (Phi) is 6.79. The van der Waals surface area contributed by atoms with Gasteiger partial charge in [-0.25, -0.2) is 13.8 Å². The Labute approximate surface area is 164 Å². The van der Waals surface area contributed by atoms with E-state index in [1.54, 1.807) is 13.1 Å². The highest BCUT2D eigenvalue weighted by Gasteiger charge is 2.21. The molecule has 0 amide bonds. The predicted molar refractivity (Wildman–Crippen MR) is 109 cm³/mol. The zero-order chi connectivity index (χ0) is 19.9. The van der Waals surface area contributed by atoms with E-state index >= 15 is 0 Å². The number of benzene rings is 1. The molecule has 0 unspecified atom stereocenters. The van der Waals surface area contributed by atoms with Crippen molar-refractivity contribution in [1.82, 2.24) is 15.6 Å². The molecule has 3 rings (SSSR count). The van der Waals surface area contributed by atoms with E-state index in [1.165, 1.54) is 6.07 Å². The third kappa shape index (κ3) is 5.18. The van der Waals surface area contributed by atoms with Gasteiger partial charge in [0.2, 0.25) is 0 Å². The van der Waals surface area contributed by atoms with E-state index in [0.29, 0.717) is 30.5 Å². The quantitative estimate of drug-likeness (QED) is 0.612. The summed E-state index contributed by atoms with van der Waals surface area (Å²) >= 11 is 0. The highest BCUT2D eigenvalue weighted by molar-refractivity contribution is 5.80. The van der Waals surface area contributed by atoms with Crippen LogP contribution >= 0.6 is 0 Å². The lowest BCUT2D eigenvalue weighted by Gasteiger charge is -2.34. The summed E-state index contributed by atoms with van der Waals surface area (Å²) in [6.07, 6.45) is 2.35. The number of guanidine groups is 1. The molecule has 2 N–H and O–H groups in total. The standard InChI is InChI=1S/C21H27F2N5/c1-15-5-3-8-19(26-15)28-13-10-17(11-14-28)27-21(24-2)25-12-9-16-6-4-7-18(22)20(16)23/h3-8,17H,9-14H2,1-2H3,(H2,24,25,27). The van der Waals surface area contributed by atoms with Gasteiger partial charge in [-0.2, -0.15) is 0 Å². The van der Waals surface area contributed by atoms with Gasteiger partial charge < -0.3 is 15.5 Å². The average molecular weight is 387 g/mol. The van der Waals surface area contributed by atoms with Gasteiger partial charge in [0.15, 0.2) is 17.6 Å². The van der Waals surface area contributed by atoms with Crippen LogP contribution in [0.15, 0.2) is 41.4 Å². The van der Waals surface area contributed by atoms with Crippen LogP contribution in [0.2, 0.25) is 0 Å². The second kappa shape index (κ2) is 9.48. The summed E-state index contributed by atoms with van der Waals surface area (Å²) in [7, 11) is 1.71. The molecule has 0 spiro atoms. The van der Waals surface area contributed by atoms with E-state index in [0.717, 1.165) is 43.5 Å². The zero-order valence-electron chi connectivity index (χ0n) is 16.4. The van der Waals surface area contributed by atoms with Gasteiger partial charge in [-0.15, -0.1) is 0 Å². The Hall–Kier alpha value is -2.70. The van der Waals surface area contributed by atoms with Crippen LogP contribution in [0.1, 0.15) is 24.1 Å². The minimum Gasteiger partial charge on any atom is -0.356 e. The summed E-state index contributed by atoms with van der Waals surface area (Å²) in [5, 5.41) is 6.61. The smallest absolute Gasteiger partial charge is 0.191 e. The van der Waals surface area contributed by atoms with E-state index in [-0.39, 0.29) is 0 Å². The van der Waals surface area contributed by atoms with E-state index in [1.807, 2.05) is 25.1 Å². The molecule has 5 nitrogen and oxygen atoms in total. The SMILES string of the molecule is CN=C(NCCc1cccc(F)c1F)NC1CCN(c2cccc(C)n2)CC1. The molecule has 150 valence electrons. The summed E-state index contributed by atoms with van der Waals surface area (Å²) in [6.45, 7) is 4.34. The number of hydrogen-bond donors (Lipinski definition) is 2. The van der Waals surface area contributed by atoms with E-state index in [9.17, 15) is 8.78 Å². The van der Waals surface area contributed by atoms with Crippen molar-refractivity contribution < 1.29 is 8.78 Å². The van der Waals surface area contributed by atoms with Gasteiger partial charge >= 0.3 is 0 Å². The summed E-state index contributed by atoms with van der Waals surface area (Å²) in [4.78, 5) is 11.1. The molecule has 2 aromatic rings. The number of halogens is 2. The summed E-state index contributed by atoms with van der Waals surface area (Å²) in [6, 6.07) is 10.7. The molecule has 0 saturated carbocycles. The number of piperidine rings is 1. The highest BCUT2D eigenvalue weighted by Crippen LogP contribution is 2.18. The molecule has 1 aromatic carbocycles. The number of rotatable bonds is 5. The zero-order valence-corrected chi connectivity index (χ0v) is 16.4. The number of aliphatic imine (C=N–C) groups is 1. The third-order valence-corrected chi connectivity index (χ3v) is 4.98. The minimum absolute atomic E-state index is 0.318. The number of aryl methyl sites for hydroxylation is 1. The molecule has 0 bridgehead atoms. The molecule has 7 heteroatoms. The first-order valence-electron chi connectivity index (χ1n) is 9.65. The van der Waals surface area contributed by atoms with Crippen molar-refractivity contribution in [2.45, 2.75) is 32.2 Å². The maximum Gasteiger partial charge on any atom is 0.191 e. The Bertz CT molecular complexity index is 816. The van der Waals surface area contributed by atoms with Crippen molar-refractivity contribution in [3.63, 3.8) is 0 Å². The number of nitrogens with one attached hydrogen (secondary N) is 2. The Balaban J connectivity index is 1.45. The molecule has 1 aliphatic rings. The first-order valence-corrected chi connectivity index (χ1v) is 9.65. The van der Waals surface area contributed by atoms with Crippen molar-refractivity contribution in [3.05, 3.63) is 59.3 Å². The maximum atomic E-state index is 13.7. The number of anilines is 1. The van der Waals surface area contributed by atoms with Gasteiger partial charge in [0.25, 0.3) is 0 Å². The predicted octanol–water partition coefficient (Wildman–Crippen LogP) is 3.04. The van der Waals surface area contributed by atoms with Gasteiger partial charge in [0.05, 0.1) is 0 Å².